The highest BCUT2D eigenvalue weighted by molar-refractivity contribution is 9.10. The van der Waals surface area contributed by atoms with Gasteiger partial charge >= 0.3 is 0 Å². The highest BCUT2D eigenvalue weighted by Gasteiger charge is 2.29. The predicted molar refractivity (Wildman–Crippen MR) is 69.3 cm³/mol. The van der Waals surface area contributed by atoms with Crippen molar-refractivity contribution in [2.75, 3.05) is 6.54 Å². The van der Waals surface area contributed by atoms with Crippen molar-refractivity contribution in [1.82, 2.24) is 15.1 Å². The summed E-state index contributed by atoms with van der Waals surface area (Å²) in [6.07, 6.45) is 7.34. The molecule has 1 saturated carbocycles. The Morgan fingerprint density at radius 2 is 2.25 bits per heavy atom. The largest absolute Gasteiger partial charge is 0.309 e. The third-order valence-electron chi connectivity index (χ3n) is 3.53. The molecule has 1 aliphatic rings. The van der Waals surface area contributed by atoms with Crippen molar-refractivity contribution >= 4 is 15.9 Å². The maximum atomic E-state index is 4.32. The summed E-state index contributed by atoms with van der Waals surface area (Å²) in [6, 6.07) is 0.453. The SMILES string of the molecule is CCNC(c1c(Br)cnn1C)C1CCCC1. The Balaban J connectivity index is 2.24. The van der Waals surface area contributed by atoms with Gasteiger partial charge in [-0.3, -0.25) is 4.68 Å². The molecule has 1 N–H and O–H groups in total. The second-order valence-corrected chi connectivity index (χ2v) is 5.44. The van der Waals surface area contributed by atoms with Gasteiger partial charge in [0.1, 0.15) is 0 Å². The van der Waals surface area contributed by atoms with Crippen LogP contribution in [0.4, 0.5) is 0 Å². The first-order chi connectivity index (χ1) is 7.74. The summed E-state index contributed by atoms with van der Waals surface area (Å²) in [7, 11) is 2.03. The van der Waals surface area contributed by atoms with Crippen LogP contribution in [0.5, 0.6) is 0 Å². The minimum atomic E-state index is 0.453. The lowest BCUT2D eigenvalue weighted by Crippen LogP contribution is -2.29. The van der Waals surface area contributed by atoms with Gasteiger partial charge in [-0.25, -0.2) is 0 Å². The van der Waals surface area contributed by atoms with Gasteiger partial charge in [-0.05, 0) is 41.2 Å². The second-order valence-electron chi connectivity index (χ2n) is 4.58. The number of aromatic nitrogens is 2. The van der Waals surface area contributed by atoms with Gasteiger partial charge in [-0.1, -0.05) is 19.8 Å². The Labute approximate surface area is 106 Å². The monoisotopic (exact) mass is 285 g/mol. The Bertz CT molecular complexity index is 323. The van der Waals surface area contributed by atoms with Crippen LogP contribution in [0.1, 0.15) is 44.3 Å². The molecule has 1 aliphatic carbocycles. The lowest BCUT2D eigenvalue weighted by atomic mass is 9.95. The third kappa shape index (κ3) is 2.33. The van der Waals surface area contributed by atoms with Crippen LogP contribution in [-0.2, 0) is 7.05 Å². The fourth-order valence-electron chi connectivity index (χ4n) is 2.77. The first kappa shape index (κ1) is 12.1. The minimum absolute atomic E-state index is 0.453. The number of halogens is 1. The van der Waals surface area contributed by atoms with Crippen molar-refractivity contribution in [2.24, 2.45) is 13.0 Å². The van der Waals surface area contributed by atoms with Crippen molar-refractivity contribution < 1.29 is 0 Å². The first-order valence-corrected chi connectivity index (χ1v) is 6.94. The van der Waals surface area contributed by atoms with Crippen LogP contribution in [0.15, 0.2) is 10.7 Å². The normalized spacial score (nSPS) is 19.2. The zero-order valence-corrected chi connectivity index (χ0v) is 11.6. The molecule has 0 bridgehead atoms. The van der Waals surface area contributed by atoms with E-state index in [9.17, 15) is 0 Å². The topological polar surface area (TPSA) is 29.9 Å². The smallest absolute Gasteiger partial charge is 0.0695 e. The molecule has 4 heteroatoms. The van der Waals surface area contributed by atoms with Gasteiger partial charge in [0.15, 0.2) is 0 Å². The molecule has 1 aromatic rings. The number of aryl methyl sites for hydroxylation is 1. The molecule has 0 aromatic carbocycles. The van der Waals surface area contributed by atoms with Gasteiger partial charge in [0.2, 0.25) is 0 Å². The summed E-state index contributed by atoms with van der Waals surface area (Å²) in [5.74, 6) is 0.770. The molecule has 1 heterocycles. The second kappa shape index (κ2) is 5.32. The standard InChI is InChI=1S/C12H20BrN3/c1-3-14-11(9-6-4-5-7-9)12-10(13)8-15-16(12)2/h8-9,11,14H,3-7H2,1-2H3. The van der Waals surface area contributed by atoms with Gasteiger partial charge in [0.25, 0.3) is 0 Å². The summed E-state index contributed by atoms with van der Waals surface area (Å²) in [4.78, 5) is 0. The zero-order chi connectivity index (χ0) is 11.5. The van der Waals surface area contributed by atoms with Crippen LogP contribution >= 0.6 is 15.9 Å². The number of rotatable bonds is 4. The molecule has 1 atom stereocenters. The molecular weight excluding hydrogens is 266 g/mol. The van der Waals surface area contributed by atoms with Crippen molar-refractivity contribution in [1.29, 1.82) is 0 Å². The molecule has 90 valence electrons. The van der Waals surface area contributed by atoms with Gasteiger partial charge in [-0.15, -0.1) is 0 Å². The molecule has 2 rings (SSSR count). The van der Waals surface area contributed by atoms with Crippen LogP contribution < -0.4 is 5.32 Å². The summed E-state index contributed by atoms with van der Waals surface area (Å²) >= 11 is 3.61. The molecule has 1 aromatic heterocycles. The lowest BCUT2D eigenvalue weighted by Gasteiger charge is -2.25. The van der Waals surface area contributed by atoms with Gasteiger partial charge in [-0.2, -0.15) is 5.10 Å². The minimum Gasteiger partial charge on any atom is -0.309 e. The van der Waals surface area contributed by atoms with Crippen LogP contribution in [0.2, 0.25) is 0 Å². The first-order valence-electron chi connectivity index (χ1n) is 6.14. The average molecular weight is 286 g/mol. The van der Waals surface area contributed by atoms with Crippen molar-refractivity contribution in [3.05, 3.63) is 16.4 Å². The third-order valence-corrected chi connectivity index (χ3v) is 4.14. The summed E-state index contributed by atoms with van der Waals surface area (Å²) in [5.41, 5.74) is 1.30. The van der Waals surface area contributed by atoms with E-state index in [0.29, 0.717) is 6.04 Å². The summed E-state index contributed by atoms with van der Waals surface area (Å²) in [5, 5.41) is 7.94. The Morgan fingerprint density at radius 1 is 1.56 bits per heavy atom. The Hall–Kier alpha value is -0.350. The van der Waals surface area contributed by atoms with Gasteiger partial charge in [0.05, 0.1) is 22.4 Å². The fraction of sp³-hybridized carbons (Fsp3) is 0.750. The molecule has 0 amide bonds. The van der Waals surface area contributed by atoms with Gasteiger partial charge < -0.3 is 5.32 Å². The quantitative estimate of drug-likeness (QED) is 0.922. The highest BCUT2D eigenvalue weighted by Crippen LogP contribution is 2.37. The van der Waals surface area contributed by atoms with E-state index in [4.69, 9.17) is 0 Å². The van der Waals surface area contributed by atoms with E-state index in [1.165, 1.54) is 31.4 Å². The van der Waals surface area contributed by atoms with E-state index in [-0.39, 0.29) is 0 Å². The van der Waals surface area contributed by atoms with E-state index in [0.717, 1.165) is 16.9 Å². The fourth-order valence-corrected chi connectivity index (χ4v) is 3.36. The van der Waals surface area contributed by atoms with Crippen LogP contribution in [0, 0.1) is 5.92 Å². The number of hydrogen-bond donors (Lipinski definition) is 1. The lowest BCUT2D eigenvalue weighted by molar-refractivity contribution is 0.355. The Morgan fingerprint density at radius 3 is 2.75 bits per heavy atom. The average Bonchev–Trinajstić information content (AvgIpc) is 2.87. The predicted octanol–water partition coefficient (Wildman–Crippen LogP) is 3.02. The molecule has 16 heavy (non-hydrogen) atoms. The van der Waals surface area contributed by atoms with Crippen LogP contribution in [-0.4, -0.2) is 16.3 Å². The molecule has 3 nitrogen and oxygen atoms in total. The van der Waals surface area contributed by atoms with Crippen molar-refractivity contribution in [2.45, 2.75) is 38.6 Å². The van der Waals surface area contributed by atoms with Crippen molar-refractivity contribution in [3.8, 4) is 0 Å². The molecule has 0 saturated heterocycles. The number of nitrogens with zero attached hydrogens (tertiary/aromatic N) is 2. The van der Waals surface area contributed by atoms with E-state index < -0.39 is 0 Å². The molecule has 1 fully saturated rings. The highest BCUT2D eigenvalue weighted by atomic mass is 79.9. The summed E-state index contributed by atoms with van der Waals surface area (Å²) < 4.78 is 3.13. The molecule has 0 spiro atoms. The number of nitrogens with one attached hydrogen (secondary N) is 1. The maximum absolute atomic E-state index is 4.32. The van der Waals surface area contributed by atoms with E-state index in [1.54, 1.807) is 0 Å². The van der Waals surface area contributed by atoms with Crippen molar-refractivity contribution in [3.63, 3.8) is 0 Å². The van der Waals surface area contributed by atoms with E-state index in [2.05, 4.69) is 33.3 Å². The molecule has 0 aliphatic heterocycles. The molecule has 1 unspecified atom stereocenters. The van der Waals surface area contributed by atoms with Crippen LogP contribution in [0.3, 0.4) is 0 Å². The van der Waals surface area contributed by atoms with E-state index >= 15 is 0 Å². The molecular formula is C12H20BrN3. The van der Waals surface area contributed by atoms with E-state index in [1.807, 2.05) is 17.9 Å². The maximum Gasteiger partial charge on any atom is 0.0695 e. The molecule has 0 radical (unpaired) electrons. The zero-order valence-electron chi connectivity index (χ0n) is 10.0. The van der Waals surface area contributed by atoms with Crippen LogP contribution in [0.25, 0.3) is 0 Å². The number of hydrogen-bond acceptors (Lipinski definition) is 2. The van der Waals surface area contributed by atoms with Gasteiger partial charge in [0, 0.05) is 7.05 Å². The Kier molecular flexibility index (Phi) is 4.03. The summed E-state index contributed by atoms with van der Waals surface area (Å²) in [6.45, 7) is 3.19.